The molecule has 30 heavy (non-hydrogen) atoms. The first-order valence-electron chi connectivity index (χ1n) is 9.77. The van der Waals surface area contributed by atoms with Crippen LogP contribution in [0.5, 0.6) is 5.75 Å². The summed E-state index contributed by atoms with van der Waals surface area (Å²) in [5.74, 6) is -0.0129. The lowest BCUT2D eigenvalue weighted by molar-refractivity contribution is -0.116. The molecule has 1 heterocycles. The molecule has 3 aromatic rings. The molecule has 0 unspecified atom stereocenters. The summed E-state index contributed by atoms with van der Waals surface area (Å²) in [7, 11) is 3.15. The van der Waals surface area contributed by atoms with Crippen LogP contribution in [0.1, 0.15) is 28.0 Å². The molecule has 0 saturated carbocycles. The molecule has 1 aromatic heterocycles. The summed E-state index contributed by atoms with van der Waals surface area (Å²) in [6.45, 7) is -0.0973. The summed E-state index contributed by atoms with van der Waals surface area (Å²) in [6.07, 6.45) is 2.69. The lowest BCUT2D eigenvalue weighted by Gasteiger charge is -2.20. The summed E-state index contributed by atoms with van der Waals surface area (Å²) < 4.78 is 5.26. The average molecular weight is 424 g/mol. The van der Waals surface area contributed by atoms with Crippen molar-refractivity contribution in [3.8, 4) is 5.75 Å². The lowest BCUT2D eigenvalue weighted by atomic mass is 10.00. The van der Waals surface area contributed by atoms with Crippen LogP contribution in [0.4, 0.5) is 5.69 Å². The van der Waals surface area contributed by atoms with Crippen molar-refractivity contribution in [1.29, 1.82) is 0 Å². The molecule has 0 spiro atoms. The van der Waals surface area contributed by atoms with Crippen LogP contribution in [0.25, 0.3) is 10.9 Å². The van der Waals surface area contributed by atoms with Gasteiger partial charge in [0, 0.05) is 23.2 Å². The number of rotatable bonds is 5. The van der Waals surface area contributed by atoms with E-state index in [0.717, 1.165) is 41.4 Å². The molecule has 0 bridgehead atoms. The van der Waals surface area contributed by atoms with E-state index in [1.54, 1.807) is 25.2 Å². The standard InChI is InChI=1S/C23H22ClN3O3/c1-27(13-21(28)26-19-12-14(24)10-11-20(19)30-2)23(29)22-15-6-3-4-8-17(15)25-18-9-5-7-16(18)22/h3-4,6,8,10-12H,5,7,9,13H2,1-2H3,(H,26,28). The van der Waals surface area contributed by atoms with E-state index >= 15 is 0 Å². The zero-order valence-corrected chi connectivity index (χ0v) is 17.6. The van der Waals surface area contributed by atoms with Gasteiger partial charge < -0.3 is 15.0 Å². The molecule has 4 rings (SSSR count). The van der Waals surface area contributed by atoms with E-state index < -0.39 is 0 Å². The topological polar surface area (TPSA) is 71.5 Å². The Morgan fingerprint density at radius 2 is 2.00 bits per heavy atom. The van der Waals surface area contributed by atoms with Gasteiger partial charge in [0.2, 0.25) is 5.91 Å². The molecule has 0 aliphatic heterocycles. The molecule has 1 aliphatic rings. The fourth-order valence-corrected chi connectivity index (χ4v) is 4.07. The second kappa shape index (κ2) is 8.32. The molecule has 0 atom stereocenters. The Kier molecular flexibility index (Phi) is 5.59. The number of anilines is 1. The Labute approximate surface area is 179 Å². The van der Waals surface area contributed by atoms with Gasteiger partial charge in [-0.3, -0.25) is 14.6 Å². The number of para-hydroxylation sites is 1. The maximum atomic E-state index is 13.4. The Hall–Kier alpha value is -3.12. The monoisotopic (exact) mass is 423 g/mol. The van der Waals surface area contributed by atoms with Gasteiger partial charge in [-0.25, -0.2) is 0 Å². The quantitative estimate of drug-likeness (QED) is 0.670. The van der Waals surface area contributed by atoms with E-state index in [0.29, 0.717) is 22.0 Å². The fraction of sp³-hybridized carbons (Fsp3) is 0.261. The minimum atomic E-state index is -0.332. The number of aromatic nitrogens is 1. The summed E-state index contributed by atoms with van der Waals surface area (Å²) in [5, 5.41) is 4.08. The smallest absolute Gasteiger partial charge is 0.255 e. The molecule has 0 fully saturated rings. The van der Waals surface area contributed by atoms with Crippen LogP contribution in [0.2, 0.25) is 5.02 Å². The highest BCUT2D eigenvalue weighted by Gasteiger charge is 2.26. The van der Waals surface area contributed by atoms with Crippen molar-refractivity contribution < 1.29 is 14.3 Å². The number of nitrogens with zero attached hydrogens (tertiary/aromatic N) is 2. The van der Waals surface area contributed by atoms with Crippen LogP contribution in [-0.4, -0.2) is 42.4 Å². The van der Waals surface area contributed by atoms with Gasteiger partial charge in [-0.05, 0) is 49.1 Å². The van der Waals surface area contributed by atoms with Gasteiger partial charge in [-0.2, -0.15) is 0 Å². The van der Waals surface area contributed by atoms with Gasteiger partial charge in [0.1, 0.15) is 5.75 Å². The van der Waals surface area contributed by atoms with Crippen LogP contribution in [0, 0.1) is 0 Å². The minimum Gasteiger partial charge on any atom is -0.495 e. The Morgan fingerprint density at radius 1 is 1.20 bits per heavy atom. The summed E-state index contributed by atoms with van der Waals surface area (Å²) >= 11 is 6.03. The van der Waals surface area contributed by atoms with Crippen molar-refractivity contribution in [2.75, 3.05) is 26.0 Å². The van der Waals surface area contributed by atoms with Crippen LogP contribution in [0.3, 0.4) is 0 Å². The zero-order chi connectivity index (χ0) is 21.3. The van der Waals surface area contributed by atoms with Crippen molar-refractivity contribution in [1.82, 2.24) is 9.88 Å². The third kappa shape index (κ3) is 3.83. The van der Waals surface area contributed by atoms with Gasteiger partial charge in [0.25, 0.3) is 5.91 Å². The number of carbonyl (C=O) groups is 2. The number of nitrogens with one attached hydrogen (secondary N) is 1. The van der Waals surface area contributed by atoms with Gasteiger partial charge in [0.05, 0.1) is 30.4 Å². The number of carbonyl (C=O) groups excluding carboxylic acids is 2. The predicted molar refractivity (Wildman–Crippen MR) is 117 cm³/mol. The van der Waals surface area contributed by atoms with Crippen LogP contribution >= 0.6 is 11.6 Å². The Bertz CT molecular complexity index is 1150. The lowest BCUT2D eigenvalue weighted by Crippen LogP contribution is -2.35. The number of benzene rings is 2. The van der Waals surface area contributed by atoms with Crippen LogP contribution in [0.15, 0.2) is 42.5 Å². The molecule has 2 aromatic carbocycles. The molecular weight excluding hydrogens is 402 g/mol. The van der Waals surface area contributed by atoms with Gasteiger partial charge in [-0.15, -0.1) is 0 Å². The number of fused-ring (bicyclic) bond motifs is 2. The maximum absolute atomic E-state index is 13.4. The first-order valence-corrected chi connectivity index (χ1v) is 10.1. The molecule has 1 aliphatic carbocycles. The van der Waals surface area contributed by atoms with Crippen molar-refractivity contribution in [3.05, 3.63) is 64.3 Å². The number of hydrogen-bond acceptors (Lipinski definition) is 4. The SMILES string of the molecule is COc1ccc(Cl)cc1NC(=O)CN(C)C(=O)c1c2c(nc3ccccc13)CCC2. The number of pyridine rings is 1. The highest BCUT2D eigenvalue weighted by atomic mass is 35.5. The maximum Gasteiger partial charge on any atom is 0.255 e. The molecule has 1 N–H and O–H groups in total. The number of amides is 2. The van der Waals surface area contributed by atoms with Gasteiger partial charge in [0.15, 0.2) is 0 Å². The van der Waals surface area contributed by atoms with E-state index in [1.165, 1.54) is 12.0 Å². The summed E-state index contributed by atoms with van der Waals surface area (Å²) in [5.41, 5.74) is 3.92. The van der Waals surface area contributed by atoms with Crippen molar-refractivity contribution in [2.45, 2.75) is 19.3 Å². The summed E-state index contributed by atoms with van der Waals surface area (Å²) in [4.78, 5) is 32.1. The second-order valence-electron chi connectivity index (χ2n) is 7.34. The normalized spacial score (nSPS) is 12.5. The molecule has 2 amide bonds. The predicted octanol–water partition coefficient (Wildman–Crippen LogP) is 4.10. The van der Waals surface area contributed by atoms with Crippen molar-refractivity contribution >= 4 is 40.0 Å². The van der Waals surface area contributed by atoms with E-state index in [4.69, 9.17) is 21.3 Å². The molecule has 6 nitrogen and oxygen atoms in total. The van der Waals surface area contributed by atoms with Crippen molar-refractivity contribution in [2.24, 2.45) is 0 Å². The highest BCUT2D eigenvalue weighted by molar-refractivity contribution is 6.31. The highest BCUT2D eigenvalue weighted by Crippen LogP contribution is 2.31. The Morgan fingerprint density at radius 3 is 2.80 bits per heavy atom. The molecule has 7 heteroatoms. The number of ether oxygens (including phenoxy) is 1. The third-order valence-electron chi connectivity index (χ3n) is 5.30. The number of aryl methyl sites for hydroxylation is 1. The summed E-state index contributed by atoms with van der Waals surface area (Å²) in [6, 6.07) is 12.6. The third-order valence-corrected chi connectivity index (χ3v) is 5.53. The minimum absolute atomic E-state index is 0.0973. The van der Waals surface area contributed by atoms with Crippen LogP contribution in [-0.2, 0) is 17.6 Å². The molecule has 0 radical (unpaired) electrons. The molecule has 0 saturated heterocycles. The first-order chi connectivity index (χ1) is 14.5. The van der Waals surface area contributed by atoms with E-state index in [-0.39, 0.29) is 18.4 Å². The van der Waals surface area contributed by atoms with E-state index in [2.05, 4.69) is 5.32 Å². The van der Waals surface area contributed by atoms with Crippen molar-refractivity contribution in [3.63, 3.8) is 0 Å². The van der Waals surface area contributed by atoms with Gasteiger partial charge in [-0.1, -0.05) is 29.8 Å². The fourth-order valence-electron chi connectivity index (χ4n) is 3.90. The average Bonchev–Trinajstić information content (AvgIpc) is 3.19. The van der Waals surface area contributed by atoms with E-state index in [1.807, 2.05) is 24.3 Å². The largest absolute Gasteiger partial charge is 0.495 e. The first kappa shape index (κ1) is 20.2. The second-order valence-corrected chi connectivity index (χ2v) is 7.77. The van der Waals surface area contributed by atoms with E-state index in [9.17, 15) is 9.59 Å². The molecular formula is C23H22ClN3O3. The number of likely N-dealkylation sites (N-methyl/N-ethyl adjacent to an activating group) is 1. The number of halogens is 1. The number of hydrogen-bond donors (Lipinski definition) is 1. The zero-order valence-electron chi connectivity index (χ0n) is 16.9. The van der Waals surface area contributed by atoms with Crippen LogP contribution < -0.4 is 10.1 Å². The van der Waals surface area contributed by atoms with Gasteiger partial charge >= 0.3 is 0 Å². The molecule has 154 valence electrons. The Balaban J connectivity index is 1.58. The number of methoxy groups -OCH3 is 1.